The van der Waals surface area contributed by atoms with Crippen molar-refractivity contribution >= 4 is 24.0 Å². The van der Waals surface area contributed by atoms with Crippen molar-refractivity contribution in [1.29, 1.82) is 0 Å². The number of imide groups is 1. The molecule has 3 amide bonds. The number of amides is 3. The lowest BCUT2D eigenvalue weighted by Crippen LogP contribution is -2.53. The molecular formula is C18H26N2O4. The molecule has 0 aliphatic carbocycles. The second kappa shape index (κ2) is 11.1. The summed E-state index contributed by atoms with van der Waals surface area (Å²) in [6.45, 7) is 8.00. The standard InChI is InChI=1S/C14H14N2O4.2C2H6/c1-16(11-6-7-12(18)15-13(11)19)14(20)10-5-3-2-4-9(10)8-17;2*1-2/h2-5,8,11H,6-7H2,1H3,(H,15,18,19);2*1-2H3. The lowest BCUT2D eigenvalue weighted by Gasteiger charge is -2.30. The number of carbonyl (C=O) groups excluding carboxylic acids is 4. The molecule has 1 heterocycles. The van der Waals surface area contributed by atoms with E-state index in [4.69, 9.17) is 0 Å². The number of benzene rings is 1. The highest BCUT2D eigenvalue weighted by atomic mass is 16.2. The molecule has 1 unspecified atom stereocenters. The molecule has 0 aromatic heterocycles. The molecule has 1 N–H and O–H groups in total. The second-order valence-corrected chi connectivity index (χ2v) is 4.59. The normalized spacial score (nSPS) is 15.8. The van der Waals surface area contributed by atoms with Gasteiger partial charge in [-0.25, -0.2) is 0 Å². The van der Waals surface area contributed by atoms with Crippen LogP contribution in [0, 0.1) is 0 Å². The van der Waals surface area contributed by atoms with Crippen molar-refractivity contribution in [2.45, 2.75) is 46.6 Å². The van der Waals surface area contributed by atoms with E-state index >= 15 is 0 Å². The summed E-state index contributed by atoms with van der Waals surface area (Å²) in [6.07, 6.45) is 1.09. The molecule has 1 fully saturated rings. The van der Waals surface area contributed by atoms with Gasteiger partial charge in [-0.2, -0.15) is 0 Å². The van der Waals surface area contributed by atoms with Crippen molar-refractivity contribution in [2.24, 2.45) is 0 Å². The maximum Gasteiger partial charge on any atom is 0.255 e. The van der Waals surface area contributed by atoms with Crippen LogP contribution < -0.4 is 5.32 Å². The summed E-state index contributed by atoms with van der Waals surface area (Å²) in [5.41, 5.74) is 0.520. The third kappa shape index (κ3) is 5.30. The van der Waals surface area contributed by atoms with Crippen molar-refractivity contribution in [2.75, 3.05) is 7.05 Å². The highest BCUT2D eigenvalue weighted by molar-refractivity contribution is 6.05. The molecule has 6 nitrogen and oxygen atoms in total. The van der Waals surface area contributed by atoms with Gasteiger partial charge >= 0.3 is 0 Å². The highest BCUT2D eigenvalue weighted by Gasteiger charge is 2.33. The topological polar surface area (TPSA) is 83.6 Å². The van der Waals surface area contributed by atoms with E-state index in [2.05, 4.69) is 5.32 Å². The Hall–Kier alpha value is -2.50. The van der Waals surface area contributed by atoms with Gasteiger partial charge in [0.2, 0.25) is 11.8 Å². The SMILES string of the molecule is CC.CC.CN(C(=O)c1ccccc1C=O)C1CCC(=O)NC1=O. The molecule has 0 radical (unpaired) electrons. The maximum absolute atomic E-state index is 12.4. The van der Waals surface area contributed by atoms with E-state index in [1.54, 1.807) is 18.2 Å². The van der Waals surface area contributed by atoms with Gasteiger partial charge in [0, 0.05) is 19.0 Å². The number of rotatable bonds is 3. The summed E-state index contributed by atoms with van der Waals surface area (Å²) in [7, 11) is 1.49. The molecule has 0 spiro atoms. The zero-order valence-electron chi connectivity index (χ0n) is 15.0. The summed E-state index contributed by atoms with van der Waals surface area (Å²) < 4.78 is 0. The summed E-state index contributed by atoms with van der Waals surface area (Å²) in [5, 5.41) is 2.20. The Labute approximate surface area is 143 Å². The molecular weight excluding hydrogens is 308 g/mol. The first kappa shape index (κ1) is 21.5. The monoisotopic (exact) mass is 334 g/mol. The van der Waals surface area contributed by atoms with Crippen molar-refractivity contribution in [3.8, 4) is 0 Å². The van der Waals surface area contributed by atoms with Gasteiger partial charge in [-0.15, -0.1) is 0 Å². The van der Waals surface area contributed by atoms with Crippen molar-refractivity contribution in [3.05, 3.63) is 35.4 Å². The van der Waals surface area contributed by atoms with Crippen LogP contribution in [-0.2, 0) is 9.59 Å². The van der Waals surface area contributed by atoms with Crippen LogP contribution in [0.15, 0.2) is 24.3 Å². The molecule has 6 heteroatoms. The van der Waals surface area contributed by atoms with Crippen LogP contribution in [0.25, 0.3) is 0 Å². The summed E-state index contributed by atoms with van der Waals surface area (Å²) in [5.74, 6) is -1.23. The number of aldehydes is 1. The van der Waals surface area contributed by atoms with Gasteiger partial charge in [-0.05, 0) is 12.5 Å². The Kier molecular flexibility index (Phi) is 9.94. The van der Waals surface area contributed by atoms with Crippen LogP contribution in [0.3, 0.4) is 0 Å². The van der Waals surface area contributed by atoms with E-state index in [1.165, 1.54) is 18.0 Å². The van der Waals surface area contributed by atoms with E-state index < -0.39 is 17.9 Å². The van der Waals surface area contributed by atoms with E-state index in [0.717, 1.165) is 0 Å². The van der Waals surface area contributed by atoms with Crippen molar-refractivity contribution < 1.29 is 19.2 Å². The zero-order chi connectivity index (χ0) is 18.7. The zero-order valence-corrected chi connectivity index (χ0v) is 15.0. The molecule has 1 aliphatic heterocycles. The average molecular weight is 334 g/mol. The van der Waals surface area contributed by atoms with Crippen LogP contribution in [0.4, 0.5) is 0 Å². The largest absolute Gasteiger partial charge is 0.330 e. The van der Waals surface area contributed by atoms with Crippen LogP contribution in [0.2, 0.25) is 0 Å². The Balaban J connectivity index is 0.00000123. The predicted molar refractivity (Wildman–Crippen MR) is 92.8 cm³/mol. The minimum Gasteiger partial charge on any atom is -0.330 e. The molecule has 1 saturated heterocycles. The average Bonchev–Trinajstić information content (AvgIpc) is 2.64. The fraction of sp³-hybridized carbons (Fsp3) is 0.444. The minimum atomic E-state index is -0.695. The van der Waals surface area contributed by atoms with Crippen LogP contribution in [-0.4, -0.2) is 42.0 Å². The fourth-order valence-corrected chi connectivity index (χ4v) is 2.18. The molecule has 1 aromatic carbocycles. The lowest BCUT2D eigenvalue weighted by molar-refractivity contribution is -0.136. The molecule has 2 rings (SSSR count). The molecule has 0 saturated carbocycles. The van der Waals surface area contributed by atoms with Gasteiger partial charge < -0.3 is 4.90 Å². The number of likely N-dealkylation sites (N-methyl/N-ethyl adjacent to an activating group) is 1. The number of nitrogens with one attached hydrogen (secondary N) is 1. The number of nitrogens with zero attached hydrogens (tertiary/aromatic N) is 1. The van der Waals surface area contributed by atoms with E-state index in [-0.39, 0.29) is 29.9 Å². The quantitative estimate of drug-likeness (QED) is 0.680. The first-order valence-electron chi connectivity index (χ1n) is 8.19. The van der Waals surface area contributed by atoms with Gasteiger partial charge in [0.05, 0.1) is 5.56 Å². The van der Waals surface area contributed by atoms with Gasteiger partial charge in [-0.3, -0.25) is 24.5 Å². The number of carbonyl (C=O) groups is 4. The lowest BCUT2D eigenvalue weighted by atomic mass is 10.0. The maximum atomic E-state index is 12.4. The third-order valence-corrected chi connectivity index (χ3v) is 3.32. The van der Waals surface area contributed by atoms with E-state index in [0.29, 0.717) is 6.29 Å². The van der Waals surface area contributed by atoms with Crippen molar-refractivity contribution in [3.63, 3.8) is 0 Å². The Morgan fingerprint density at radius 2 is 1.75 bits per heavy atom. The van der Waals surface area contributed by atoms with Crippen LogP contribution in [0.1, 0.15) is 61.3 Å². The Morgan fingerprint density at radius 3 is 2.29 bits per heavy atom. The van der Waals surface area contributed by atoms with E-state index in [1.807, 2.05) is 27.7 Å². The fourth-order valence-electron chi connectivity index (χ4n) is 2.18. The molecule has 1 aromatic rings. The number of piperidine rings is 1. The van der Waals surface area contributed by atoms with E-state index in [9.17, 15) is 19.2 Å². The van der Waals surface area contributed by atoms with Gasteiger partial charge in [0.25, 0.3) is 5.91 Å². The van der Waals surface area contributed by atoms with Crippen LogP contribution >= 0.6 is 0 Å². The van der Waals surface area contributed by atoms with Gasteiger partial charge in [-0.1, -0.05) is 45.9 Å². The first-order chi connectivity index (χ1) is 11.5. The van der Waals surface area contributed by atoms with Crippen molar-refractivity contribution in [1.82, 2.24) is 10.2 Å². The summed E-state index contributed by atoms with van der Waals surface area (Å²) >= 11 is 0. The number of hydrogen-bond donors (Lipinski definition) is 1. The molecule has 132 valence electrons. The smallest absolute Gasteiger partial charge is 0.255 e. The molecule has 0 bridgehead atoms. The summed E-state index contributed by atoms with van der Waals surface area (Å²) in [4.78, 5) is 47.4. The number of hydrogen-bond acceptors (Lipinski definition) is 4. The Bertz CT molecular complexity index is 584. The van der Waals surface area contributed by atoms with Gasteiger partial charge in [0.1, 0.15) is 6.04 Å². The highest BCUT2D eigenvalue weighted by Crippen LogP contribution is 2.16. The Morgan fingerprint density at radius 1 is 1.17 bits per heavy atom. The molecule has 24 heavy (non-hydrogen) atoms. The predicted octanol–water partition coefficient (Wildman–Crippen LogP) is 2.43. The molecule has 1 atom stereocenters. The second-order valence-electron chi connectivity index (χ2n) is 4.59. The van der Waals surface area contributed by atoms with Crippen LogP contribution in [0.5, 0.6) is 0 Å². The molecule has 1 aliphatic rings. The first-order valence-corrected chi connectivity index (χ1v) is 8.19. The van der Waals surface area contributed by atoms with Gasteiger partial charge in [0.15, 0.2) is 6.29 Å². The summed E-state index contributed by atoms with van der Waals surface area (Å²) in [6, 6.07) is 5.69. The minimum absolute atomic E-state index is 0.198. The third-order valence-electron chi connectivity index (χ3n) is 3.32.